The summed E-state index contributed by atoms with van der Waals surface area (Å²) in [7, 11) is 0. The molecule has 2 aromatic rings. The van der Waals surface area contributed by atoms with Gasteiger partial charge in [-0.05, 0) is 43.7 Å². The van der Waals surface area contributed by atoms with Gasteiger partial charge in [-0.1, -0.05) is 30.3 Å². The summed E-state index contributed by atoms with van der Waals surface area (Å²) in [6.07, 6.45) is 0. The maximum atomic E-state index is 11.7. The molecule has 2 amide bonds. The fraction of sp³-hybridized carbons (Fsp3) is 0.222. The molecule has 0 saturated heterocycles. The van der Waals surface area contributed by atoms with E-state index in [2.05, 4.69) is 10.6 Å². The number of rotatable bonds is 5. The van der Waals surface area contributed by atoms with Crippen LogP contribution in [0, 0.1) is 0 Å². The quantitative estimate of drug-likeness (QED) is 0.834. The normalized spacial score (nSPS) is 10.2. The zero-order valence-electron chi connectivity index (χ0n) is 13.2. The Morgan fingerprint density at radius 1 is 0.957 bits per heavy atom. The van der Waals surface area contributed by atoms with Crippen LogP contribution < -0.4 is 15.4 Å². The predicted octanol–water partition coefficient (Wildman–Crippen LogP) is 2.73. The third-order valence-electron chi connectivity index (χ3n) is 2.99. The number of anilines is 1. The van der Waals surface area contributed by atoms with Crippen LogP contribution in [-0.4, -0.2) is 17.9 Å². The lowest BCUT2D eigenvalue weighted by molar-refractivity contribution is -0.136. The van der Waals surface area contributed by atoms with Crippen molar-refractivity contribution in [2.75, 3.05) is 5.32 Å². The number of amides is 2. The highest BCUT2D eigenvalue weighted by Gasteiger charge is 2.14. The highest BCUT2D eigenvalue weighted by molar-refractivity contribution is 6.39. The second kappa shape index (κ2) is 7.98. The van der Waals surface area contributed by atoms with Crippen LogP contribution in [-0.2, 0) is 16.2 Å². The van der Waals surface area contributed by atoms with E-state index in [1.165, 1.54) is 0 Å². The first-order valence-corrected chi connectivity index (χ1v) is 7.43. The molecule has 0 aliphatic rings. The van der Waals surface area contributed by atoms with E-state index in [0.29, 0.717) is 18.0 Å². The molecule has 0 atom stereocenters. The topological polar surface area (TPSA) is 67.4 Å². The molecule has 0 aliphatic carbocycles. The van der Waals surface area contributed by atoms with Crippen LogP contribution in [0.5, 0.6) is 5.75 Å². The Labute approximate surface area is 135 Å². The third-order valence-corrected chi connectivity index (χ3v) is 2.99. The molecule has 23 heavy (non-hydrogen) atoms. The zero-order valence-corrected chi connectivity index (χ0v) is 13.2. The minimum atomic E-state index is -0.684. The average molecular weight is 312 g/mol. The Balaban J connectivity index is 1.87. The molecule has 0 aliphatic heterocycles. The van der Waals surface area contributed by atoms with Crippen molar-refractivity contribution in [3.8, 4) is 5.75 Å². The Kier molecular flexibility index (Phi) is 5.74. The first-order chi connectivity index (χ1) is 11.0. The van der Waals surface area contributed by atoms with Gasteiger partial charge in [-0.2, -0.15) is 0 Å². The summed E-state index contributed by atoms with van der Waals surface area (Å²) in [5.41, 5.74) is 1.62. The number of hydrogen-bond acceptors (Lipinski definition) is 3. The first kappa shape index (κ1) is 16.5. The Hall–Kier alpha value is -2.82. The first-order valence-electron chi connectivity index (χ1n) is 7.43. The van der Waals surface area contributed by atoms with Crippen molar-refractivity contribution in [1.82, 2.24) is 5.32 Å². The van der Waals surface area contributed by atoms with E-state index in [4.69, 9.17) is 4.74 Å². The van der Waals surface area contributed by atoms with Crippen molar-refractivity contribution < 1.29 is 14.3 Å². The fourth-order valence-electron chi connectivity index (χ4n) is 1.89. The third kappa shape index (κ3) is 5.47. The second-order valence-corrected chi connectivity index (χ2v) is 5.38. The average Bonchev–Trinajstić information content (AvgIpc) is 2.54. The molecular formula is C18H20N2O3. The van der Waals surface area contributed by atoms with E-state index in [9.17, 15) is 9.59 Å². The van der Waals surface area contributed by atoms with Crippen molar-refractivity contribution >= 4 is 17.5 Å². The van der Waals surface area contributed by atoms with Crippen LogP contribution >= 0.6 is 0 Å². The number of nitrogens with one attached hydrogen (secondary N) is 2. The number of benzene rings is 2. The number of ether oxygens (including phenoxy) is 1. The molecule has 5 heteroatoms. The molecule has 0 aromatic heterocycles. The van der Waals surface area contributed by atoms with Crippen molar-refractivity contribution in [1.29, 1.82) is 0 Å². The summed E-state index contributed by atoms with van der Waals surface area (Å²) in [6.45, 7) is 4.07. The molecule has 120 valence electrons. The number of carbonyl (C=O) groups excluding carboxylic acids is 2. The van der Waals surface area contributed by atoms with E-state index in [1.807, 2.05) is 30.3 Å². The van der Waals surface area contributed by atoms with Crippen LogP contribution in [0.2, 0.25) is 0 Å². The second-order valence-electron chi connectivity index (χ2n) is 5.38. The SMILES string of the molecule is CC(C)NC(=O)C(=O)Nc1ccc(OCc2ccccc2)cc1. The van der Waals surface area contributed by atoms with Crippen molar-refractivity contribution in [3.05, 3.63) is 60.2 Å². The Morgan fingerprint density at radius 3 is 2.22 bits per heavy atom. The Morgan fingerprint density at radius 2 is 1.61 bits per heavy atom. The molecular weight excluding hydrogens is 292 g/mol. The summed E-state index contributed by atoms with van der Waals surface area (Å²) in [4.78, 5) is 23.2. The van der Waals surface area contributed by atoms with Crippen molar-refractivity contribution in [2.24, 2.45) is 0 Å². The van der Waals surface area contributed by atoms with Crippen LogP contribution in [0.25, 0.3) is 0 Å². The molecule has 0 saturated carbocycles. The zero-order chi connectivity index (χ0) is 16.7. The number of carbonyl (C=O) groups is 2. The maximum absolute atomic E-state index is 11.7. The van der Waals surface area contributed by atoms with E-state index in [0.717, 1.165) is 5.56 Å². The number of hydrogen-bond donors (Lipinski definition) is 2. The molecule has 5 nitrogen and oxygen atoms in total. The molecule has 0 fully saturated rings. The minimum Gasteiger partial charge on any atom is -0.489 e. The smallest absolute Gasteiger partial charge is 0.313 e. The molecule has 0 radical (unpaired) electrons. The van der Waals surface area contributed by atoms with E-state index < -0.39 is 11.8 Å². The van der Waals surface area contributed by atoms with E-state index >= 15 is 0 Å². The summed E-state index contributed by atoms with van der Waals surface area (Å²) in [6, 6.07) is 16.7. The molecule has 0 unspecified atom stereocenters. The van der Waals surface area contributed by atoms with Gasteiger partial charge < -0.3 is 15.4 Å². The summed E-state index contributed by atoms with van der Waals surface area (Å²) >= 11 is 0. The van der Waals surface area contributed by atoms with Gasteiger partial charge >= 0.3 is 11.8 Å². The predicted molar refractivity (Wildman–Crippen MR) is 89.1 cm³/mol. The highest BCUT2D eigenvalue weighted by atomic mass is 16.5. The monoisotopic (exact) mass is 312 g/mol. The summed E-state index contributed by atoms with van der Waals surface area (Å²) in [5.74, 6) is -0.639. The van der Waals surface area contributed by atoms with Crippen LogP contribution in [0.4, 0.5) is 5.69 Å². The largest absolute Gasteiger partial charge is 0.489 e. The Bertz CT molecular complexity index is 652. The van der Waals surface area contributed by atoms with E-state index in [1.54, 1.807) is 38.1 Å². The molecule has 0 bridgehead atoms. The molecule has 2 rings (SSSR count). The fourth-order valence-corrected chi connectivity index (χ4v) is 1.89. The minimum absolute atomic E-state index is 0.0815. The van der Waals surface area contributed by atoms with Gasteiger partial charge in [-0.3, -0.25) is 9.59 Å². The van der Waals surface area contributed by atoms with Crippen molar-refractivity contribution in [3.63, 3.8) is 0 Å². The van der Waals surface area contributed by atoms with Gasteiger partial charge in [0.25, 0.3) is 0 Å². The summed E-state index contributed by atoms with van der Waals surface area (Å²) < 4.78 is 5.66. The maximum Gasteiger partial charge on any atom is 0.313 e. The van der Waals surface area contributed by atoms with Gasteiger partial charge in [0, 0.05) is 11.7 Å². The van der Waals surface area contributed by atoms with E-state index in [-0.39, 0.29) is 6.04 Å². The lowest BCUT2D eigenvalue weighted by Crippen LogP contribution is -2.39. The lowest BCUT2D eigenvalue weighted by atomic mass is 10.2. The van der Waals surface area contributed by atoms with Crippen LogP contribution in [0.15, 0.2) is 54.6 Å². The van der Waals surface area contributed by atoms with Gasteiger partial charge in [-0.25, -0.2) is 0 Å². The lowest BCUT2D eigenvalue weighted by Gasteiger charge is -2.10. The van der Waals surface area contributed by atoms with Gasteiger partial charge in [0.15, 0.2) is 0 Å². The van der Waals surface area contributed by atoms with Crippen LogP contribution in [0.3, 0.4) is 0 Å². The van der Waals surface area contributed by atoms with Crippen LogP contribution in [0.1, 0.15) is 19.4 Å². The molecule has 2 N–H and O–H groups in total. The highest BCUT2D eigenvalue weighted by Crippen LogP contribution is 2.17. The van der Waals surface area contributed by atoms with Gasteiger partial charge in [0.05, 0.1) is 0 Å². The summed E-state index contributed by atoms with van der Waals surface area (Å²) in [5, 5.41) is 5.08. The molecule has 2 aromatic carbocycles. The van der Waals surface area contributed by atoms with Gasteiger partial charge in [0.1, 0.15) is 12.4 Å². The molecule has 0 heterocycles. The standard InChI is InChI=1S/C18H20N2O3/c1-13(2)19-17(21)18(22)20-15-8-10-16(11-9-15)23-12-14-6-4-3-5-7-14/h3-11,13H,12H2,1-2H3,(H,19,21)(H,20,22). The van der Waals surface area contributed by atoms with Crippen molar-refractivity contribution in [2.45, 2.75) is 26.5 Å². The van der Waals surface area contributed by atoms with Gasteiger partial charge in [-0.15, -0.1) is 0 Å². The molecule has 0 spiro atoms. The van der Waals surface area contributed by atoms with Gasteiger partial charge in [0.2, 0.25) is 0 Å².